The summed E-state index contributed by atoms with van der Waals surface area (Å²) in [6.45, 7) is 2.38. The van der Waals surface area contributed by atoms with Crippen LogP contribution < -0.4 is 0 Å². The van der Waals surface area contributed by atoms with Gasteiger partial charge in [0, 0.05) is 44.3 Å². The molecule has 0 saturated heterocycles. The number of hydrogen-bond donors (Lipinski definition) is 0. The molecule has 1 aromatic carbocycles. The number of halogens is 2. The summed E-state index contributed by atoms with van der Waals surface area (Å²) in [6.07, 6.45) is 13.0. The van der Waals surface area contributed by atoms with E-state index in [4.69, 9.17) is 0 Å². The van der Waals surface area contributed by atoms with Crippen LogP contribution in [-0.2, 0) is 32.7 Å². The van der Waals surface area contributed by atoms with E-state index in [-0.39, 0.29) is 32.7 Å². The molecule has 0 amide bonds. The average molecular weight is 408 g/mol. The van der Waals surface area contributed by atoms with Crippen molar-refractivity contribution >= 4 is 0 Å². The van der Waals surface area contributed by atoms with E-state index in [1.165, 1.54) is 63.5 Å². The summed E-state index contributed by atoms with van der Waals surface area (Å²) in [7, 11) is 0. The molecule has 0 N–H and O–H groups in total. The van der Waals surface area contributed by atoms with E-state index < -0.39 is 11.6 Å². The predicted molar refractivity (Wildman–Crippen MR) is 90.2 cm³/mol. The van der Waals surface area contributed by atoms with Crippen LogP contribution in [0.4, 0.5) is 8.78 Å². The Kier molecular flexibility index (Phi) is 8.34. The first-order valence-corrected chi connectivity index (χ1v) is 9.48. The van der Waals surface area contributed by atoms with Crippen LogP contribution in [0.25, 0.3) is 0 Å². The van der Waals surface area contributed by atoms with Crippen molar-refractivity contribution in [3.8, 4) is 0 Å². The molecule has 3 rings (SSSR count). The first kappa shape index (κ1) is 20.5. The van der Waals surface area contributed by atoms with Gasteiger partial charge in [-0.3, -0.25) is 0 Å². The van der Waals surface area contributed by atoms with Gasteiger partial charge in [0.25, 0.3) is 0 Å². The van der Waals surface area contributed by atoms with Crippen LogP contribution in [0.2, 0.25) is 0 Å². The van der Waals surface area contributed by atoms with Crippen LogP contribution in [0.3, 0.4) is 0 Å². The molecule has 0 spiro atoms. The maximum atomic E-state index is 13.3. The van der Waals surface area contributed by atoms with E-state index in [9.17, 15) is 8.78 Å². The number of rotatable bonds is 4. The summed E-state index contributed by atoms with van der Waals surface area (Å²) in [4.78, 5) is 0. The van der Waals surface area contributed by atoms with E-state index in [0.717, 1.165) is 36.2 Å². The molecule has 0 bridgehead atoms. The molecule has 1 radical (unpaired) electrons. The Morgan fingerprint density at radius 1 is 0.833 bits per heavy atom. The van der Waals surface area contributed by atoms with Crippen molar-refractivity contribution in [2.24, 2.45) is 17.8 Å². The van der Waals surface area contributed by atoms with Gasteiger partial charge in [-0.15, -0.1) is 23.8 Å². The minimum atomic E-state index is -0.561. The molecule has 0 unspecified atom stereocenters. The third-order valence-electron chi connectivity index (χ3n) is 6.26. The van der Waals surface area contributed by atoms with Crippen LogP contribution in [-0.4, -0.2) is 0 Å². The van der Waals surface area contributed by atoms with Crippen LogP contribution >= 0.6 is 0 Å². The third-order valence-corrected chi connectivity index (χ3v) is 6.26. The van der Waals surface area contributed by atoms with Gasteiger partial charge in [0.15, 0.2) is 0 Å². The van der Waals surface area contributed by atoms with E-state index >= 15 is 0 Å². The maximum absolute atomic E-state index is 13.3. The quantitative estimate of drug-likeness (QED) is 0.490. The molecule has 2 saturated carbocycles. The van der Waals surface area contributed by atoms with E-state index in [1.54, 1.807) is 0 Å². The van der Waals surface area contributed by atoms with E-state index in [2.05, 4.69) is 13.0 Å². The SMILES string of the molecule is CC1CCC(CCC2CCC(c3cc(F)[c-]c(F)c3)CC2)CC1.[Y]. The van der Waals surface area contributed by atoms with Gasteiger partial charge in [0.2, 0.25) is 0 Å². The smallest absolute Gasteiger partial charge is 0.0139 e. The molecule has 2 fully saturated rings. The minimum Gasteiger partial charge on any atom is -0.236 e. The zero-order valence-electron chi connectivity index (χ0n) is 14.9. The second-order valence-corrected chi connectivity index (χ2v) is 8.03. The Balaban J connectivity index is 0.00000208. The average Bonchev–Trinajstić information content (AvgIpc) is 2.54. The maximum Gasteiger partial charge on any atom is 0.0139 e. The Hall–Kier alpha value is 0.184. The molecule has 0 aromatic heterocycles. The molecule has 1 aromatic rings. The normalized spacial score (nSPS) is 30.6. The van der Waals surface area contributed by atoms with Crippen LogP contribution in [0.1, 0.15) is 82.6 Å². The van der Waals surface area contributed by atoms with Gasteiger partial charge in [0.1, 0.15) is 0 Å². The summed E-state index contributed by atoms with van der Waals surface area (Å²) in [5, 5.41) is 0. The van der Waals surface area contributed by atoms with Gasteiger partial charge in [-0.2, -0.15) is 0 Å². The van der Waals surface area contributed by atoms with Crippen molar-refractivity contribution in [2.75, 3.05) is 0 Å². The first-order chi connectivity index (χ1) is 11.1. The summed E-state index contributed by atoms with van der Waals surface area (Å²) < 4.78 is 26.6. The van der Waals surface area contributed by atoms with Gasteiger partial charge in [-0.1, -0.05) is 45.4 Å². The van der Waals surface area contributed by atoms with Crippen LogP contribution in [0.15, 0.2) is 12.1 Å². The van der Waals surface area contributed by atoms with E-state index in [0.29, 0.717) is 5.92 Å². The Labute approximate surface area is 171 Å². The Morgan fingerprint density at radius 2 is 1.29 bits per heavy atom. The van der Waals surface area contributed by atoms with Crippen molar-refractivity contribution in [3.63, 3.8) is 0 Å². The van der Waals surface area contributed by atoms with Crippen LogP contribution in [0, 0.1) is 35.5 Å². The van der Waals surface area contributed by atoms with E-state index in [1.807, 2.05) is 0 Å². The molecule has 0 nitrogen and oxygen atoms in total. The van der Waals surface area contributed by atoms with Crippen molar-refractivity contribution < 1.29 is 41.5 Å². The van der Waals surface area contributed by atoms with Crippen LogP contribution in [0.5, 0.6) is 0 Å². The molecule has 0 heterocycles. The molecular formula is C21H29F2Y-. The van der Waals surface area contributed by atoms with Gasteiger partial charge >= 0.3 is 0 Å². The van der Waals surface area contributed by atoms with Gasteiger partial charge in [-0.05, 0) is 49.4 Å². The largest absolute Gasteiger partial charge is 0.236 e. The minimum absolute atomic E-state index is 0. The Morgan fingerprint density at radius 3 is 1.79 bits per heavy atom. The topological polar surface area (TPSA) is 0 Å². The third kappa shape index (κ3) is 5.87. The first-order valence-electron chi connectivity index (χ1n) is 9.48. The van der Waals surface area contributed by atoms with Gasteiger partial charge < -0.3 is 0 Å². The molecule has 2 aliphatic rings. The fourth-order valence-corrected chi connectivity index (χ4v) is 4.63. The molecule has 2 aliphatic carbocycles. The van der Waals surface area contributed by atoms with Gasteiger partial charge in [0.05, 0.1) is 0 Å². The monoisotopic (exact) mass is 408 g/mol. The molecule has 24 heavy (non-hydrogen) atoms. The summed E-state index contributed by atoms with van der Waals surface area (Å²) in [5.41, 5.74) is 0.832. The summed E-state index contributed by atoms with van der Waals surface area (Å²) in [5.74, 6) is 1.93. The molecule has 131 valence electrons. The van der Waals surface area contributed by atoms with Crippen molar-refractivity contribution in [2.45, 2.75) is 77.0 Å². The van der Waals surface area contributed by atoms with Crippen molar-refractivity contribution in [3.05, 3.63) is 35.4 Å². The van der Waals surface area contributed by atoms with Crippen molar-refractivity contribution in [1.29, 1.82) is 0 Å². The predicted octanol–water partition coefficient (Wildman–Crippen LogP) is 6.64. The molecule has 0 aliphatic heterocycles. The summed E-state index contributed by atoms with van der Waals surface area (Å²) >= 11 is 0. The molecule has 3 heteroatoms. The molecule has 0 atom stereocenters. The van der Waals surface area contributed by atoms with Gasteiger partial charge in [-0.25, -0.2) is 8.78 Å². The second-order valence-electron chi connectivity index (χ2n) is 8.03. The zero-order chi connectivity index (χ0) is 16.2. The fourth-order valence-electron chi connectivity index (χ4n) is 4.63. The second kappa shape index (κ2) is 9.76. The fraction of sp³-hybridized carbons (Fsp3) is 0.714. The number of benzene rings is 1. The summed E-state index contributed by atoms with van der Waals surface area (Å²) in [6, 6.07) is 5.02. The number of hydrogen-bond acceptors (Lipinski definition) is 0. The molecular weight excluding hydrogens is 379 g/mol. The standard InChI is InChI=1S/C21H29F2.Y/c1-15-2-4-16(5-3-15)6-7-17-8-10-18(11-9-17)19-12-20(22)14-21(23)13-19;/h12-13,15-18H,2-11H2,1H3;/q-1;. The van der Waals surface area contributed by atoms with Crippen molar-refractivity contribution in [1.82, 2.24) is 0 Å². The Bertz CT molecular complexity index is 480. The zero-order valence-corrected chi connectivity index (χ0v) is 17.7.